The molecule has 0 unspecified atom stereocenters. The Morgan fingerprint density at radius 1 is 1.30 bits per heavy atom. The Morgan fingerprint density at radius 2 is 2.00 bits per heavy atom. The maximum atomic E-state index is 11.7. The van der Waals surface area contributed by atoms with Gasteiger partial charge in [0.05, 0.1) is 0 Å². The van der Waals surface area contributed by atoms with Crippen LogP contribution in [-0.4, -0.2) is 41.1 Å². The Labute approximate surface area is 143 Å². The third-order valence-electron chi connectivity index (χ3n) is 3.01. The van der Waals surface area contributed by atoms with Crippen LogP contribution in [0.25, 0.3) is 0 Å². The first-order valence-corrected chi connectivity index (χ1v) is 8.69. The number of nitrogens with one attached hydrogen (secondary N) is 1. The van der Waals surface area contributed by atoms with E-state index >= 15 is 0 Å². The molecule has 6 nitrogen and oxygen atoms in total. The summed E-state index contributed by atoms with van der Waals surface area (Å²) in [5.41, 5.74) is 6.94. The topological polar surface area (TPSA) is 88.3 Å². The summed E-state index contributed by atoms with van der Waals surface area (Å²) in [6, 6.07) is 9.75. The lowest BCUT2D eigenvalue weighted by molar-refractivity contribution is 0.0998. The second-order valence-corrected chi connectivity index (χ2v) is 6.82. The number of aryl methyl sites for hydroxylation is 1. The van der Waals surface area contributed by atoms with Crippen molar-refractivity contribution in [3.8, 4) is 0 Å². The number of hydrogen-bond donors (Lipinski definition) is 2. The fourth-order valence-electron chi connectivity index (χ4n) is 1.80. The predicted molar refractivity (Wildman–Crippen MR) is 94.2 cm³/mol. The minimum atomic E-state index is -0.588. The number of thioether (sulfide) groups is 1. The normalized spacial score (nSPS) is 10.3. The van der Waals surface area contributed by atoms with E-state index in [4.69, 9.17) is 5.73 Å². The van der Waals surface area contributed by atoms with Gasteiger partial charge >= 0.3 is 6.03 Å². The van der Waals surface area contributed by atoms with Gasteiger partial charge in [-0.15, -0.1) is 11.8 Å². The molecule has 2 rings (SSSR count). The van der Waals surface area contributed by atoms with Crippen LogP contribution in [0.2, 0.25) is 0 Å². The number of carbonyl (C=O) groups is 2. The summed E-state index contributed by atoms with van der Waals surface area (Å²) in [6.07, 6.45) is 0.862. The van der Waals surface area contributed by atoms with Crippen LogP contribution in [0.4, 0.5) is 9.80 Å². The highest BCUT2D eigenvalue weighted by Gasteiger charge is 2.21. The molecule has 0 radical (unpaired) electrons. The minimum absolute atomic E-state index is 0.281. The number of nitrogens with two attached hydrogens (primary N) is 1. The van der Waals surface area contributed by atoms with Crippen LogP contribution in [-0.2, 0) is 6.42 Å². The van der Waals surface area contributed by atoms with E-state index in [1.54, 1.807) is 14.1 Å². The predicted octanol–water partition coefficient (Wildman–Crippen LogP) is 2.67. The molecule has 0 aliphatic carbocycles. The zero-order valence-electron chi connectivity index (χ0n) is 12.9. The fourth-order valence-corrected chi connectivity index (χ4v) is 3.75. The Morgan fingerprint density at radius 3 is 2.61 bits per heavy atom. The van der Waals surface area contributed by atoms with Crippen LogP contribution in [0.3, 0.4) is 0 Å². The van der Waals surface area contributed by atoms with Crippen molar-refractivity contribution in [1.29, 1.82) is 0 Å². The quantitative estimate of drug-likeness (QED) is 0.784. The van der Waals surface area contributed by atoms with E-state index in [9.17, 15) is 9.59 Å². The SMILES string of the molecule is CN(C)C(=O)Nc1snc(SCCc2ccccc2)c1C(N)=O. The van der Waals surface area contributed by atoms with Gasteiger partial charge in [0.1, 0.15) is 15.6 Å². The number of benzene rings is 1. The van der Waals surface area contributed by atoms with E-state index < -0.39 is 5.91 Å². The summed E-state index contributed by atoms with van der Waals surface area (Å²) in [4.78, 5) is 24.8. The van der Waals surface area contributed by atoms with Crippen LogP contribution in [0.5, 0.6) is 0 Å². The van der Waals surface area contributed by atoms with E-state index in [2.05, 4.69) is 21.8 Å². The third-order valence-corrected chi connectivity index (χ3v) is 4.86. The number of primary amides is 1. The molecule has 0 aliphatic rings. The van der Waals surface area contributed by atoms with Gasteiger partial charge in [0, 0.05) is 19.8 Å². The molecule has 0 fully saturated rings. The van der Waals surface area contributed by atoms with Crippen molar-refractivity contribution in [3.05, 3.63) is 41.5 Å². The molecule has 0 atom stereocenters. The lowest BCUT2D eigenvalue weighted by atomic mass is 10.2. The monoisotopic (exact) mass is 350 g/mol. The molecular weight excluding hydrogens is 332 g/mol. The second kappa shape index (κ2) is 7.98. The maximum absolute atomic E-state index is 11.7. The van der Waals surface area contributed by atoms with Crippen molar-refractivity contribution in [2.75, 3.05) is 25.2 Å². The first-order valence-electron chi connectivity index (χ1n) is 6.93. The second-order valence-electron chi connectivity index (χ2n) is 4.96. The van der Waals surface area contributed by atoms with Gasteiger partial charge in [-0.3, -0.25) is 10.1 Å². The van der Waals surface area contributed by atoms with E-state index in [0.29, 0.717) is 10.0 Å². The average molecular weight is 350 g/mol. The number of hydrogen-bond acceptors (Lipinski definition) is 5. The minimum Gasteiger partial charge on any atom is -0.365 e. The number of anilines is 1. The van der Waals surface area contributed by atoms with E-state index in [1.165, 1.54) is 22.2 Å². The molecule has 0 saturated carbocycles. The summed E-state index contributed by atoms with van der Waals surface area (Å²) in [5.74, 6) is 0.185. The van der Waals surface area contributed by atoms with Crippen molar-refractivity contribution < 1.29 is 9.59 Å². The van der Waals surface area contributed by atoms with Crippen molar-refractivity contribution in [3.63, 3.8) is 0 Å². The van der Waals surface area contributed by atoms with Crippen molar-refractivity contribution in [1.82, 2.24) is 9.27 Å². The van der Waals surface area contributed by atoms with Gasteiger partial charge in [-0.1, -0.05) is 30.3 Å². The third kappa shape index (κ3) is 4.70. The molecule has 1 heterocycles. The Kier molecular flexibility index (Phi) is 6.00. The summed E-state index contributed by atoms with van der Waals surface area (Å²) < 4.78 is 4.25. The zero-order valence-corrected chi connectivity index (χ0v) is 14.5. The number of amides is 3. The molecule has 8 heteroatoms. The van der Waals surface area contributed by atoms with Gasteiger partial charge in [-0.25, -0.2) is 4.79 Å². The van der Waals surface area contributed by atoms with Crippen LogP contribution in [0.1, 0.15) is 15.9 Å². The molecule has 2 aromatic rings. The Bertz CT molecular complexity index is 686. The van der Waals surface area contributed by atoms with Crippen LogP contribution in [0, 0.1) is 0 Å². The van der Waals surface area contributed by atoms with Gasteiger partial charge in [0.2, 0.25) is 0 Å². The van der Waals surface area contributed by atoms with Gasteiger partial charge in [-0.2, -0.15) is 4.37 Å². The van der Waals surface area contributed by atoms with E-state index in [-0.39, 0.29) is 11.6 Å². The number of carbonyl (C=O) groups excluding carboxylic acids is 2. The first-order chi connectivity index (χ1) is 11.0. The standard InChI is InChI=1S/C15H18N4O2S2/c1-19(2)15(21)17-13-11(12(16)20)14(18-23-13)22-9-8-10-6-4-3-5-7-10/h3-7H,8-9H2,1-2H3,(H2,16,20)(H,17,21). The van der Waals surface area contributed by atoms with Gasteiger partial charge < -0.3 is 10.6 Å². The molecule has 1 aromatic carbocycles. The molecule has 1 aromatic heterocycles. The lowest BCUT2D eigenvalue weighted by Crippen LogP contribution is -2.28. The molecule has 23 heavy (non-hydrogen) atoms. The van der Waals surface area contributed by atoms with E-state index in [1.807, 2.05) is 18.2 Å². The number of aromatic nitrogens is 1. The number of rotatable bonds is 6. The molecule has 0 saturated heterocycles. The smallest absolute Gasteiger partial charge is 0.321 e. The average Bonchev–Trinajstić information content (AvgIpc) is 2.91. The van der Waals surface area contributed by atoms with Crippen molar-refractivity contribution >= 4 is 40.2 Å². The zero-order chi connectivity index (χ0) is 16.8. The van der Waals surface area contributed by atoms with Gasteiger partial charge in [-0.05, 0) is 23.5 Å². The highest BCUT2D eigenvalue weighted by molar-refractivity contribution is 7.99. The number of nitrogens with zero attached hydrogens (tertiary/aromatic N) is 2. The summed E-state index contributed by atoms with van der Waals surface area (Å²) in [5, 5.41) is 3.60. The lowest BCUT2D eigenvalue weighted by Gasteiger charge is -2.11. The van der Waals surface area contributed by atoms with Crippen LogP contribution in [0.15, 0.2) is 35.4 Å². The van der Waals surface area contributed by atoms with Gasteiger partial charge in [0.15, 0.2) is 0 Å². The van der Waals surface area contributed by atoms with Crippen molar-refractivity contribution in [2.24, 2.45) is 5.73 Å². The van der Waals surface area contributed by atoms with Crippen molar-refractivity contribution in [2.45, 2.75) is 11.4 Å². The molecule has 3 amide bonds. The highest BCUT2D eigenvalue weighted by Crippen LogP contribution is 2.32. The summed E-state index contributed by atoms with van der Waals surface area (Å²) in [7, 11) is 3.24. The first kappa shape index (κ1) is 17.3. The molecule has 0 spiro atoms. The fraction of sp³-hybridized carbons (Fsp3) is 0.267. The molecular formula is C15H18N4O2S2. The maximum Gasteiger partial charge on any atom is 0.321 e. The van der Waals surface area contributed by atoms with E-state index in [0.717, 1.165) is 23.7 Å². The largest absolute Gasteiger partial charge is 0.365 e. The van der Waals surface area contributed by atoms with Crippen LogP contribution < -0.4 is 11.1 Å². The Balaban J connectivity index is 2.05. The highest BCUT2D eigenvalue weighted by atomic mass is 32.2. The van der Waals surface area contributed by atoms with Gasteiger partial charge in [0.25, 0.3) is 5.91 Å². The van der Waals surface area contributed by atoms with Crippen LogP contribution >= 0.6 is 23.3 Å². The number of urea groups is 1. The molecule has 3 N–H and O–H groups in total. The molecule has 0 aliphatic heterocycles. The summed E-state index contributed by atoms with van der Waals surface area (Å²) >= 11 is 2.53. The Hall–Kier alpha value is -2.06. The molecule has 0 bridgehead atoms. The summed E-state index contributed by atoms with van der Waals surface area (Å²) in [6.45, 7) is 0. The molecule has 122 valence electrons.